The molecular weight excluding hydrogens is 276 g/mol. The van der Waals surface area contributed by atoms with Crippen molar-refractivity contribution in [2.24, 2.45) is 0 Å². The smallest absolute Gasteiger partial charge is 0.246 e. The molecule has 1 atom stereocenters. The summed E-state index contributed by atoms with van der Waals surface area (Å²) in [4.78, 5) is 12.2. The minimum absolute atomic E-state index is 0.0703. The van der Waals surface area contributed by atoms with E-state index in [0.717, 1.165) is 22.7 Å². The van der Waals surface area contributed by atoms with Crippen molar-refractivity contribution in [2.45, 2.75) is 26.8 Å². The van der Waals surface area contributed by atoms with E-state index in [4.69, 9.17) is 4.74 Å². The molecule has 4 nitrogen and oxygen atoms in total. The van der Waals surface area contributed by atoms with E-state index in [1.807, 2.05) is 56.3 Å². The Morgan fingerprint density at radius 1 is 1.00 bits per heavy atom. The van der Waals surface area contributed by atoms with E-state index in [0.29, 0.717) is 0 Å². The summed E-state index contributed by atoms with van der Waals surface area (Å²) in [6, 6.07) is 13.1. The molecule has 0 fully saturated rings. The molecule has 0 radical (unpaired) electrons. The van der Waals surface area contributed by atoms with E-state index in [9.17, 15) is 4.79 Å². The molecule has 0 bridgehead atoms. The Labute approximate surface area is 131 Å². The Bertz CT molecular complexity index is 651. The molecule has 2 N–H and O–H groups in total. The van der Waals surface area contributed by atoms with Crippen LogP contribution >= 0.6 is 0 Å². The lowest BCUT2D eigenvalue weighted by atomic mass is 10.1. The lowest BCUT2D eigenvalue weighted by molar-refractivity contribution is -0.116. The first-order chi connectivity index (χ1) is 10.5. The predicted octanol–water partition coefficient (Wildman–Crippen LogP) is 3.75. The van der Waals surface area contributed by atoms with Gasteiger partial charge >= 0.3 is 0 Å². The number of rotatable bonds is 5. The van der Waals surface area contributed by atoms with Crippen molar-refractivity contribution in [1.82, 2.24) is 0 Å². The van der Waals surface area contributed by atoms with Gasteiger partial charge < -0.3 is 15.4 Å². The van der Waals surface area contributed by atoms with Gasteiger partial charge in [0.25, 0.3) is 0 Å². The first-order valence-electron chi connectivity index (χ1n) is 7.28. The van der Waals surface area contributed by atoms with Crippen LogP contribution in [0.4, 0.5) is 11.4 Å². The summed E-state index contributed by atoms with van der Waals surface area (Å²) in [7, 11) is 1.63. The van der Waals surface area contributed by atoms with Gasteiger partial charge in [-0.1, -0.05) is 6.07 Å². The highest BCUT2D eigenvalue weighted by Gasteiger charge is 2.13. The fourth-order valence-corrected chi connectivity index (χ4v) is 2.07. The molecule has 0 spiro atoms. The van der Waals surface area contributed by atoms with Gasteiger partial charge in [-0.05, 0) is 68.3 Å². The van der Waals surface area contributed by atoms with Gasteiger partial charge in [0.1, 0.15) is 11.8 Å². The number of hydrogen-bond donors (Lipinski definition) is 2. The number of benzene rings is 2. The standard InChI is InChI=1S/C18H22N2O2/c1-12-5-6-16(11-13(12)2)20-18(21)14(3)19-15-7-9-17(22-4)10-8-15/h5-11,14,19H,1-4H3,(H,20,21). The third-order valence-electron chi connectivity index (χ3n) is 3.64. The highest BCUT2D eigenvalue weighted by Crippen LogP contribution is 2.17. The minimum atomic E-state index is -0.338. The first kappa shape index (κ1) is 15.9. The van der Waals surface area contributed by atoms with Crippen molar-refractivity contribution in [3.8, 4) is 5.75 Å². The van der Waals surface area contributed by atoms with Crippen LogP contribution in [0.2, 0.25) is 0 Å². The van der Waals surface area contributed by atoms with Crippen LogP contribution in [0.1, 0.15) is 18.1 Å². The van der Waals surface area contributed by atoms with Crippen molar-refractivity contribution in [3.63, 3.8) is 0 Å². The highest BCUT2D eigenvalue weighted by molar-refractivity contribution is 5.96. The normalized spacial score (nSPS) is 11.6. The fourth-order valence-electron chi connectivity index (χ4n) is 2.07. The Morgan fingerprint density at radius 2 is 1.64 bits per heavy atom. The third-order valence-corrected chi connectivity index (χ3v) is 3.64. The Balaban J connectivity index is 1.97. The Morgan fingerprint density at radius 3 is 2.23 bits per heavy atom. The number of nitrogens with one attached hydrogen (secondary N) is 2. The maximum Gasteiger partial charge on any atom is 0.246 e. The Kier molecular flexibility index (Phi) is 5.04. The second kappa shape index (κ2) is 6.98. The maximum absolute atomic E-state index is 12.2. The second-order valence-electron chi connectivity index (χ2n) is 5.38. The Hall–Kier alpha value is -2.49. The van der Waals surface area contributed by atoms with Crippen LogP contribution in [0.25, 0.3) is 0 Å². The highest BCUT2D eigenvalue weighted by atomic mass is 16.5. The predicted molar refractivity (Wildman–Crippen MR) is 90.6 cm³/mol. The molecule has 2 aromatic rings. The zero-order chi connectivity index (χ0) is 16.1. The zero-order valence-corrected chi connectivity index (χ0v) is 13.4. The summed E-state index contributed by atoms with van der Waals surface area (Å²) in [5.74, 6) is 0.719. The number of anilines is 2. The molecule has 2 aromatic carbocycles. The second-order valence-corrected chi connectivity index (χ2v) is 5.38. The van der Waals surface area contributed by atoms with E-state index in [1.165, 1.54) is 5.56 Å². The van der Waals surface area contributed by atoms with Gasteiger partial charge in [0.05, 0.1) is 7.11 Å². The van der Waals surface area contributed by atoms with Crippen molar-refractivity contribution < 1.29 is 9.53 Å². The van der Waals surface area contributed by atoms with Crippen LogP contribution < -0.4 is 15.4 Å². The van der Waals surface area contributed by atoms with E-state index in [-0.39, 0.29) is 11.9 Å². The molecule has 116 valence electrons. The van der Waals surface area contributed by atoms with Gasteiger partial charge in [-0.15, -0.1) is 0 Å². The maximum atomic E-state index is 12.2. The number of ether oxygens (including phenoxy) is 1. The molecule has 0 aromatic heterocycles. The molecule has 22 heavy (non-hydrogen) atoms. The number of carbonyl (C=O) groups excluding carboxylic acids is 1. The number of amides is 1. The molecule has 2 rings (SSSR count). The van der Waals surface area contributed by atoms with Crippen LogP contribution in [-0.4, -0.2) is 19.1 Å². The summed E-state index contributed by atoms with van der Waals surface area (Å²) >= 11 is 0. The quantitative estimate of drug-likeness (QED) is 0.884. The summed E-state index contributed by atoms with van der Waals surface area (Å²) in [6.07, 6.45) is 0. The van der Waals surface area contributed by atoms with Gasteiger partial charge in [-0.2, -0.15) is 0 Å². The van der Waals surface area contributed by atoms with Crippen LogP contribution in [-0.2, 0) is 4.79 Å². The fraction of sp³-hybridized carbons (Fsp3) is 0.278. The van der Waals surface area contributed by atoms with Gasteiger partial charge in [-0.25, -0.2) is 0 Å². The summed E-state index contributed by atoms with van der Waals surface area (Å²) in [5.41, 5.74) is 4.07. The van der Waals surface area contributed by atoms with Crippen LogP contribution in [0.3, 0.4) is 0 Å². The molecule has 0 aliphatic rings. The average molecular weight is 298 g/mol. The van der Waals surface area contributed by atoms with E-state index < -0.39 is 0 Å². The molecule has 0 aliphatic carbocycles. The largest absolute Gasteiger partial charge is 0.497 e. The summed E-state index contributed by atoms with van der Waals surface area (Å²) in [5, 5.41) is 6.10. The zero-order valence-electron chi connectivity index (χ0n) is 13.4. The van der Waals surface area contributed by atoms with E-state index >= 15 is 0 Å². The van der Waals surface area contributed by atoms with Crippen molar-refractivity contribution >= 4 is 17.3 Å². The lowest BCUT2D eigenvalue weighted by Crippen LogP contribution is -2.31. The number of hydrogen-bond acceptors (Lipinski definition) is 3. The van der Waals surface area contributed by atoms with Gasteiger partial charge in [0.2, 0.25) is 5.91 Å². The van der Waals surface area contributed by atoms with Crippen LogP contribution in [0, 0.1) is 13.8 Å². The molecule has 0 heterocycles. The molecule has 0 aliphatic heterocycles. The number of aryl methyl sites for hydroxylation is 2. The topological polar surface area (TPSA) is 50.4 Å². The van der Waals surface area contributed by atoms with Gasteiger partial charge in [-0.3, -0.25) is 4.79 Å². The van der Waals surface area contributed by atoms with E-state index in [1.54, 1.807) is 7.11 Å². The summed E-state index contributed by atoms with van der Waals surface area (Å²) in [6.45, 7) is 5.92. The average Bonchev–Trinajstić information content (AvgIpc) is 2.51. The molecule has 0 saturated carbocycles. The monoisotopic (exact) mass is 298 g/mol. The number of carbonyl (C=O) groups is 1. The van der Waals surface area contributed by atoms with Gasteiger partial charge in [0.15, 0.2) is 0 Å². The van der Waals surface area contributed by atoms with Crippen LogP contribution in [0.5, 0.6) is 5.75 Å². The molecule has 4 heteroatoms. The van der Waals surface area contributed by atoms with Crippen molar-refractivity contribution in [2.75, 3.05) is 17.7 Å². The lowest BCUT2D eigenvalue weighted by Gasteiger charge is -2.16. The van der Waals surface area contributed by atoms with Crippen molar-refractivity contribution in [3.05, 3.63) is 53.6 Å². The molecular formula is C18H22N2O2. The summed E-state index contributed by atoms with van der Waals surface area (Å²) < 4.78 is 5.11. The SMILES string of the molecule is COc1ccc(NC(C)C(=O)Nc2ccc(C)c(C)c2)cc1. The third kappa shape index (κ3) is 4.01. The molecule has 0 saturated heterocycles. The van der Waals surface area contributed by atoms with E-state index in [2.05, 4.69) is 17.6 Å². The molecule has 1 amide bonds. The molecule has 1 unspecified atom stereocenters. The van der Waals surface area contributed by atoms with Gasteiger partial charge in [0, 0.05) is 11.4 Å². The number of methoxy groups -OCH3 is 1. The minimum Gasteiger partial charge on any atom is -0.497 e. The van der Waals surface area contributed by atoms with Crippen LogP contribution in [0.15, 0.2) is 42.5 Å². The van der Waals surface area contributed by atoms with Crippen molar-refractivity contribution in [1.29, 1.82) is 0 Å². The first-order valence-corrected chi connectivity index (χ1v) is 7.28.